The monoisotopic (exact) mass is 408 g/mol. The molecule has 1 saturated carbocycles. The van der Waals surface area contributed by atoms with Crippen molar-refractivity contribution in [3.63, 3.8) is 0 Å². The van der Waals surface area contributed by atoms with E-state index >= 15 is 0 Å². The Hall–Kier alpha value is -2.73. The fourth-order valence-corrected chi connectivity index (χ4v) is 5.16. The minimum atomic E-state index is -0.275. The lowest BCUT2D eigenvalue weighted by Gasteiger charge is -2.59. The highest BCUT2D eigenvalue weighted by atomic mass is 19.1. The van der Waals surface area contributed by atoms with Crippen molar-refractivity contribution in [1.82, 2.24) is 9.80 Å². The van der Waals surface area contributed by atoms with Crippen LogP contribution in [0.4, 0.5) is 4.39 Å². The average Bonchev–Trinajstić information content (AvgIpc) is 2.69. The molecule has 2 heterocycles. The molecule has 3 aliphatic rings. The largest absolute Gasteiger partial charge is 0.394 e. The van der Waals surface area contributed by atoms with Crippen LogP contribution in [-0.2, 0) is 9.59 Å². The number of aliphatic hydroxyl groups excluding tert-OH is 1. The van der Waals surface area contributed by atoms with E-state index in [1.54, 1.807) is 28.0 Å². The second kappa shape index (κ2) is 7.51. The quantitative estimate of drug-likeness (QED) is 0.846. The molecule has 30 heavy (non-hydrogen) atoms. The maximum absolute atomic E-state index is 14.1. The molecule has 6 heteroatoms. The van der Waals surface area contributed by atoms with Crippen LogP contribution in [-0.4, -0.2) is 58.5 Å². The summed E-state index contributed by atoms with van der Waals surface area (Å²) >= 11 is 0. The fourth-order valence-electron chi connectivity index (χ4n) is 5.16. The van der Waals surface area contributed by atoms with Gasteiger partial charge >= 0.3 is 0 Å². The molecule has 5 nitrogen and oxygen atoms in total. The molecule has 2 aromatic carbocycles. The highest BCUT2D eigenvalue weighted by Crippen LogP contribution is 2.44. The van der Waals surface area contributed by atoms with Crippen molar-refractivity contribution in [2.45, 2.75) is 37.3 Å². The Bertz CT molecular complexity index is 973. The van der Waals surface area contributed by atoms with Gasteiger partial charge in [-0.2, -0.15) is 0 Å². The Balaban J connectivity index is 1.38. The summed E-state index contributed by atoms with van der Waals surface area (Å²) in [7, 11) is 0. The Morgan fingerprint density at radius 1 is 1.10 bits per heavy atom. The smallest absolute Gasteiger partial charge is 0.242 e. The van der Waals surface area contributed by atoms with Crippen molar-refractivity contribution >= 4 is 11.8 Å². The van der Waals surface area contributed by atoms with E-state index in [1.165, 1.54) is 6.07 Å². The highest BCUT2D eigenvalue weighted by Gasteiger charge is 2.54. The summed E-state index contributed by atoms with van der Waals surface area (Å²) in [5.41, 5.74) is 2.33. The van der Waals surface area contributed by atoms with Crippen LogP contribution in [0, 0.1) is 11.7 Å². The number of rotatable bonds is 4. The molecule has 0 bridgehead atoms. The first-order valence-electron chi connectivity index (χ1n) is 10.6. The van der Waals surface area contributed by atoms with Crippen LogP contribution in [0.2, 0.25) is 0 Å². The van der Waals surface area contributed by atoms with Crippen molar-refractivity contribution in [3.8, 4) is 11.1 Å². The number of halogens is 1. The number of carbonyl (C=O) groups is 2. The van der Waals surface area contributed by atoms with Gasteiger partial charge in [0.25, 0.3) is 0 Å². The van der Waals surface area contributed by atoms with E-state index in [4.69, 9.17) is 0 Å². The normalized spacial score (nSPS) is 26.1. The van der Waals surface area contributed by atoms with Crippen molar-refractivity contribution in [1.29, 1.82) is 0 Å². The van der Waals surface area contributed by atoms with Gasteiger partial charge in [0.2, 0.25) is 11.8 Å². The van der Waals surface area contributed by atoms with Crippen LogP contribution in [0.1, 0.15) is 30.7 Å². The number of amides is 2. The molecular weight excluding hydrogens is 383 g/mol. The van der Waals surface area contributed by atoms with Crippen molar-refractivity contribution in [2.24, 2.45) is 5.92 Å². The molecule has 3 atom stereocenters. The molecule has 3 fully saturated rings. The minimum absolute atomic E-state index is 0.0365. The van der Waals surface area contributed by atoms with Crippen LogP contribution < -0.4 is 0 Å². The molecule has 1 N–H and O–H groups in total. The van der Waals surface area contributed by atoms with Crippen LogP contribution in [0.25, 0.3) is 11.1 Å². The van der Waals surface area contributed by atoms with E-state index < -0.39 is 0 Å². The Morgan fingerprint density at radius 3 is 2.47 bits per heavy atom. The Morgan fingerprint density at radius 2 is 1.83 bits per heavy atom. The first-order valence-corrected chi connectivity index (χ1v) is 10.6. The SMILES string of the molecule is O=C(C1CCC1)N1CC(=O)N2[C@H](CO)[C@@H](c3ccc(-c4ccccc4F)cc3)[C@H]2C1. The van der Waals surface area contributed by atoms with Gasteiger partial charge in [-0.05, 0) is 30.0 Å². The average molecular weight is 408 g/mol. The molecule has 156 valence electrons. The van der Waals surface area contributed by atoms with Crippen LogP contribution in [0.3, 0.4) is 0 Å². The number of hydrogen-bond donors (Lipinski definition) is 1. The zero-order valence-corrected chi connectivity index (χ0v) is 16.7. The van der Waals surface area contributed by atoms with Gasteiger partial charge in [0, 0.05) is 23.9 Å². The van der Waals surface area contributed by atoms with Crippen molar-refractivity contribution in [3.05, 3.63) is 59.9 Å². The van der Waals surface area contributed by atoms with Crippen LogP contribution >= 0.6 is 0 Å². The number of benzene rings is 2. The lowest BCUT2D eigenvalue weighted by Crippen LogP contribution is -2.73. The third-order valence-electron chi connectivity index (χ3n) is 7.00. The van der Waals surface area contributed by atoms with E-state index in [9.17, 15) is 19.1 Å². The van der Waals surface area contributed by atoms with E-state index in [-0.39, 0.29) is 54.7 Å². The molecule has 2 aliphatic heterocycles. The topological polar surface area (TPSA) is 60.9 Å². The van der Waals surface area contributed by atoms with Crippen molar-refractivity contribution in [2.75, 3.05) is 19.7 Å². The maximum atomic E-state index is 14.1. The molecular formula is C24H25FN2O3. The molecule has 5 rings (SSSR count). The van der Waals surface area contributed by atoms with E-state index in [1.807, 2.05) is 24.3 Å². The van der Waals surface area contributed by atoms with E-state index in [0.717, 1.165) is 30.4 Å². The molecule has 2 saturated heterocycles. The van der Waals surface area contributed by atoms with Gasteiger partial charge in [0.05, 0.1) is 25.2 Å². The van der Waals surface area contributed by atoms with Crippen molar-refractivity contribution < 1.29 is 19.1 Å². The van der Waals surface area contributed by atoms with Crippen LogP contribution in [0.15, 0.2) is 48.5 Å². The number of hydrogen-bond acceptors (Lipinski definition) is 3. The summed E-state index contributed by atoms with van der Waals surface area (Å²) in [4.78, 5) is 28.9. The number of nitrogens with zero attached hydrogens (tertiary/aromatic N) is 2. The maximum Gasteiger partial charge on any atom is 0.242 e. The molecule has 0 unspecified atom stereocenters. The predicted molar refractivity (Wildman–Crippen MR) is 110 cm³/mol. The summed E-state index contributed by atoms with van der Waals surface area (Å²) < 4.78 is 14.1. The predicted octanol–water partition coefficient (Wildman–Crippen LogP) is 2.79. The first kappa shape index (κ1) is 19.2. The number of fused-ring (bicyclic) bond motifs is 1. The van der Waals surface area contributed by atoms with Gasteiger partial charge < -0.3 is 14.9 Å². The highest BCUT2D eigenvalue weighted by molar-refractivity contribution is 5.89. The molecule has 2 amide bonds. The van der Waals surface area contributed by atoms with Gasteiger partial charge in [-0.15, -0.1) is 0 Å². The third-order valence-corrected chi connectivity index (χ3v) is 7.00. The van der Waals surface area contributed by atoms with E-state index in [2.05, 4.69) is 0 Å². The van der Waals surface area contributed by atoms with Gasteiger partial charge in [-0.1, -0.05) is 48.9 Å². The Kier molecular flexibility index (Phi) is 4.82. The summed E-state index contributed by atoms with van der Waals surface area (Å²) in [6.45, 7) is 0.511. The fraction of sp³-hybridized carbons (Fsp3) is 0.417. The first-order chi connectivity index (χ1) is 14.6. The second-order valence-electron chi connectivity index (χ2n) is 8.59. The summed E-state index contributed by atoms with van der Waals surface area (Å²) in [6.07, 6.45) is 2.91. The molecule has 0 radical (unpaired) electrons. The number of aliphatic hydroxyl groups is 1. The number of carbonyl (C=O) groups excluding carboxylic acids is 2. The van der Waals surface area contributed by atoms with Crippen LogP contribution in [0.5, 0.6) is 0 Å². The van der Waals surface area contributed by atoms with Gasteiger partial charge in [-0.3, -0.25) is 9.59 Å². The lowest BCUT2D eigenvalue weighted by atomic mass is 9.73. The number of piperazine rings is 1. The molecule has 0 spiro atoms. The zero-order valence-electron chi connectivity index (χ0n) is 16.7. The lowest BCUT2D eigenvalue weighted by molar-refractivity contribution is -0.169. The summed E-state index contributed by atoms with van der Waals surface area (Å²) in [5, 5.41) is 9.93. The summed E-state index contributed by atoms with van der Waals surface area (Å²) in [6, 6.07) is 13.9. The Labute approximate surface area is 175 Å². The minimum Gasteiger partial charge on any atom is -0.394 e. The van der Waals surface area contributed by atoms with Gasteiger partial charge in [0.15, 0.2) is 0 Å². The van der Waals surface area contributed by atoms with Gasteiger partial charge in [-0.25, -0.2) is 4.39 Å². The molecule has 0 aromatic heterocycles. The molecule has 2 aromatic rings. The molecule has 1 aliphatic carbocycles. The second-order valence-corrected chi connectivity index (χ2v) is 8.59. The van der Waals surface area contributed by atoms with E-state index in [0.29, 0.717) is 12.1 Å². The summed E-state index contributed by atoms with van der Waals surface area (Å²) in [5.74, 6) is -0.231. The van der Waals surface area contributed by atoms with Gasteiger partial charge in [0.1, 0.15) is 5.82 Å². The third kappa shape index (κ3) is 3.01. The standard InChI is InChI=1S/C24H25FN2O3/c25-19-7-2-1-6-18(19)15-8-10-16(11-9-15)23-20-12-26(24(30)17-4-3-5-17)13-22(29)27(20)21(23)14-28/h1-2,6-11,17,20-21,23,28H,3-5,12-14H2/t20-,21-,23+/m1/s1. The zero-order chi connectivity index (χ0) is 20.8.